The summed E-state index contributed by atoms with van der Waals surface area (Å²) in [7, 11) is 0. The number of aryl methyl sites for hydroxylation is 1. The molecule has 6 rings (SSSR count). The highest BCUT2D eigenvalue weighted by Gasteiger charge is 2.26. The number of fused-ring (bicyclic) bond motifs is 3. The molecule has 0 spiro atoms. The summed E-state index contributed by atoms with van der Waals surface area (Å²) in [4.78, 5) is 10.2. The van der Waals surface area contributed by atoms with Crippen LogP contribution in [0.3, 0.4) is 0 Å². The van der Waals surface area contributed by atoms with Crippen LogP contribution >= 0.6 is 0 Å². The van der Waals surface area contributed by atoms with E-state index in [9.17, 15) is 5.11 Å². The predicted octanol–water partition coefficient (Wildman–Crippen LogP) is 4.85. The van der Waals surface area contributed by atoms with Crippen molar-refractivity contribution in [1.29, 1.82) is 0 Å². The molecule has 2 aliphatic rings. The lowest BCUT2D eigenvalue weighted by Crippen LogP contribution is -2.47. The first kappa shape index (κ1) is 28.0. The number of phenols is 1. The molecule has 1 saturated heterocycles. The SMILES string of the molecule is Cc1cn2c(c(NCCCN3CCN(CCCNCc4ccccc4O)CC3)nc3ccccc32)c1[C]1[CH][CH][CH][CH]1. The standard InChI is InChI=1S/C34H41N6O/c1-26-25-40-30-14-6-5-13-29(30)37-34(33(40)32(26)27-10-2-3-11-27)36-17-9-19-39-22-20-38(21-23-39)18-8-16-35-24-28-12-4-7-15-31(28)41/h2-7,10-15,25,35,41H,8-9,16-24H2,1H3,(H,36,37). The Kier molecular flexibility index (Phi) is 9.04. The summed E-state index contributed by atoms with van der Waals surface area (Å²) in [5.41, 5.74) is 6.80. The number of rotatable bonds is 12. The number of aromatic nitrogens is 2. The van der Waals surface area contributed by atoms with E-state index in [2.05, 4.69) is 87.9 Å². The minimum absolute atomic E-state index is 0.371. The topological polar surface area (TPSA) is 68.1 Å². The fourth-order valence-electron chi connectivity index (χ4n) is 6.07. The van der Waals surface area contributed by atoms with E-state index in [1.165, 1.54) is 17.0 Å². The average molecular weight is 550 g/mol. The van der Waals surface area contributed by atoms with E-state index in [-0.39, 0.29) is 0 Å². The molecule has 1 aliphatic heterocycles. The molecule has 41 heavy (non-hydrogen) atoms. The zero-order valence-corrected chi connectivity index (χ0v) is 24.0. The van der Waals surface area contributed by atoms with Gasteiger partial charge in [-0.05, 0) is 94.4 Å². The van der Waals surface area contributed by atoms with Crippen molar-refractivity contribution in [3.05, 3.63) is 103 Å². The van der Waals surface area contributed by atoms with Gasteiger partial charge in [0, 0.05) is 56.9 Å². The smallest absolute Gasteiger partial charge is 0.151 e. The van der Waals surface area contributed by atoms with E-state index < -0.39 is 0 Å². The van der Waals surface area contributed by atoms with Gasteiger partial charge in [-0.25, -0.2) is 4.98 Å². The number of para-hydroxylation sites is 3. The van der Waals surface area contributed by atoms with Gasteiger partial charge < -0.3 is 29.9 Å². The van der Waals surface area contributed by atoms with E-state index in [4.69, 9.17) is 4.98 Å². The van der Waals surface area contributed by atoms with Crippen LogP contribution in [0.1, 0.15) is 29.5 Å². The number of piperazine rings is 1. The summed E-state index contributed by atoms with van der Waals surface area (Å²) >= 11 is 0. The lowest BCUT2D eigenvalue weighted by molar-refractivity contribution is 0.131. The van der Waals surface area contributed by atoms with Crippen LogP contribution in [-0.4, -0.2) is 76.6 Å². The highest BCUT2D eigenvalue weighted by molar-refractivity contribution is 5.89. The van der Waals surface area contributed by atoms with Gasteiger partial charge in [0.25, 0.3) is 0 Å². The van der Waals surface area contributed by atoms with Crippen molar-refractivity contribution in [3.63, 3.8) is 0 Å². The molecule has 5 radical (unpaired) electrons. The van der Waals surface area contributed by atoms with E-state index in [0.29, 0.717) is 12.3 Å². The quantitative estimate of drug-likeness (QED) is 0.220. The fourth-order valence-corrected chi connectivity index (χ4v) is 6.07. The molecule has 3 N–H and O–H groups in total. The largest absolute Gasteiger partial charge is 0.508 e. The maximum atomic E-state index is 9.90. The molecule has 1 saturated carbocycles. The molecule has 7 heteroatoms. The molecule has 3 heterocycles. The monoisotopic (exact) mass is 549 g/mol. The lowest BCUT2D eigenvalue weighted by atomic mass is 9.95. The van der Waals surface area contributed by atoms with Gasteiger partial charge in [0.05, 0.1) is 16.6 Å². The average Bonchev–Trinajstić information content (AvgIpc) is 3.64. The Morgan fingerprint density at radius 1 is 0.854 bits per heavy atom. The number of hydrogen-bond acceptors (Lipinski definition) is 6. The summed E-state index contributed by atoms with van der Waals surface area (Å²) in [6, 6.07) is 15.9. The van der Waals surface area contributed by atoms with Crippen molar-refractivity contribution in [1.82, 2.24) is 24.5 Å². The molecule has 0 atom stereocenters. The number of hydrogen-bond donors (Lipinski definition) is 3. The molecule has 4 aromatic rings. The third-order valence-electron chi connectivity index (χ3n) is 8.29. The summed E-state index contributed by atoms with van der Waals surface area (Å²) in [5, 5.41) is 17.1. The second kappa shape index (κ2) is 13.2. The first-order valence-corrected chi connectivity index (χ1v) is 15.0. The van der Waals surface area contributed by atoms with Gasteiger partial charge in [-0.1, -0.05) is 30.3 Å². The zero-order chi connectivity index (χ0) is 28.0. The van der Waals surface area contributed by atoms with Crippen molar-refractivity contribution in [2.45, 2.75) is 26.3 Å². The molecule has 0 amide bonds. The van der Waals surface area contributed by atoms with Crippen molar-refractivity contribution < 1.29 is 5.11 Å². The van der Waals surface area contributed by atoms with E-state index in [0.717, 1.165) is 93.1 Å². The highest BCUT2D eigenvalue weighted by Crippen LogP contribution is 2.39. The van der Waals surface area contributed by atoms with Gasteiger partial charge in [0.2, 0.25) is 0 Å². The fraction of sp³-hybridized carbons (Fsp3) is 0.353. The Morgan fingerprint density at radius 2 is 1.54 bits per heavy atom. The van der Waals surface area contributed by atoms with Crippen LogP contribution in [0.2, 0.25) is 0 Å². The van der Waals surface area contributed by atoms with Gasteiger partial charge in [0.15, 0.2) is 5.82 Å². The van der Waals surface area contributed by atoms with Crippen LogP contribution in [0.15, 0.2) is 54.7 Å². The van der Waals surface area contributed by atoms with E-state index >= 15 is 0 Å². The molecule has 7 nitrogen and oxygen atoms in total. The Balaban J connectivity index is 0.968. The highest BCUT2D eigenvalue weighted by atomic mass is 16.3. The van der Waals surface area contributed by atoms with Gasteiger partial charge in [0.1, 0.15) is 5.75 Å². The van der Waals surface area contributed by atoms with Crippen molar-refractivity contribution in [3.8, 4) is 5.75 Å². The van der Waals surface area contributed by atoms with Crippen LogP contribution in [-0.2, 0) is 6.54 Å². The van der Waals surface area contributed by atoms with Gasteiger partial charge in [-0.3, -0.25) is 0 Å². The van der Waals surface area contributed by atoms with Crippen LogP contribution in [0.5, 0.6) is 5.75 Å². The third-order valence-corrected chi connectivity index (χ3v) is 8.29. The van der Waals surface area contributed by atoms with Crippen LogP contribution in [0, 0.1) is 38.5 Å². The summed E-state index contributed by atoms with van der Waals surface area (Å²) in [6.45, 7) is 11.5. The summed E-state index contributed by atoms with van der Waals surface area (Å²) in [5.74, 6) is 2.58. The third kappa shape index (κ3) is 6.53. The molecule has 0 bridgehead atoms. The van der Waals surface area contributed by atoms with Gasteiger partial charge in [-0.2, -0.15) is 0 Å². The molecule has 2 fully saturated rings. The minimum Gasteiger partial charge on any atom is -0.508 e. The van der Waals surface area contributed by atoms with Gasteiger partial charge in [-0.15, -0.1) is 0 Å². The number of anilines is 1. The second-order valence-electron chi connectivity index (χ2n) is 11.2. The molecule has 1 aliphatic carbocycles. The summed E-state index contributed by atoms with van der Waals surface area (Å²) in [6.07, 6.45) is 13.0. The van der Waals surface area contributed by atoms with E-state index in [1.54, 1.807) is 6.07 Å². The Hall–Kier alpha value is -3.13. The first-order chi connectivity index (χ1) is 20.2. The first-order valence-electron chi connectivity index (χ1n) is 15.0. The predicted molar refractivity (Wildman–Crippen MR) is 167 cm³/mol. The van der Waals surface area contributed by atoms with Crippen molar-refractivity contribution in [2.75, 3.05) is 57.7 Å². The maximum absolute atomic E-state index is 9.90. The van der Waals surface area contributed by atoms with Gasteiger partial charge >= 0.3 is 0 Å². The van der Waals surface area contributed by atoms with Crippen molar-refractivity contribution >= 4 is 22.4 Å². The molecule has 0 unspecified atom stereocenters. The number of nitrogens with one attached hydrogen (secondary N) is 2. The van der Waals surface area contributed by atoms with Crippen LogP contribution in [0.4, 0.5) is 5.82 Å². The Morgan fingerprint density at radius 3 is 2.29 bits per heavy atom. The molecule has 213 valence electrons. The lowest BCUT2D eigenvalue weighted by Gasteiger charge is -2.34. The number of phenolic OH excluding ortho intramolecular Hbond substituents is 1. The number of benzene rings is 2. The molecular weight excluding hydrogens is 508 g/mol. The number of aromatic hydroxyl groups is 1. The Bertz CT molecular complexity index is 1430. The molecular formula is C34H41N6O. The number of nitrogens with zero attached hydrogens (tertiary/aromatic N) is 4. The molecule has 2 aromatic heterocycles. The second-order valence-corrected chi connectivity index (χ2v) is 11.2. The molecule has 2 aromatic carbocycles. The Labute approximate surface area is 244 Å². The normalized spacial score (nSPS) is 17.2. The van der Waals surface area contributed by atoms with E-state index in [1.807, 2.05) is 18.2 Å². The zero-order valence-electron chi connectivity index (χ0n) is 24.0. The van der Waals surface area contributed by atoms with Crippen molar-refractivity contribution in [2.24, 2.45) is 0 Å². The van der Waals surface area contributed by atoms with Crippen LogP contribution < -0.4 is 10.6 Å². The maximum Gasteiger partial charge on any atom is 0.151 e. The van der Waals surface area contributed by atoms with Crippen LogP contribution in [0.25, 0.3) is 16.6 Å². The minimum atomic E-state index is 0.371. The summed E-state index contributed by atoms with van der Waals surface area (Å²) < 4.78 is 2.31.